The van der Waals surface area contributed by atoms with Crippen LogP contribution in [0.3, 0.4) is 0 Å². The summed E-state index contributed by atoms with van der Waals surface area (Å²) in [5, 5.41) is 3.47. The van der Waals surface area contributed by atoms with Crippen molar-refractivity contribution in [3.63, 3.8) is 0 Å². The first kappa shape index (κ1) is 14.3. The van der Waals surface area contributed by atoms with Gasteiger partial charge < -0.3 is 10.2 Å². The molecule has 19 heavy (non-hydrogen) atoms. The van der Waals surface area contributed by atoms with Crippen LogP contribution < -0.4 is 10.2 Å². The molecule has 1 aliphatic carbocycles. The molecule has 1 heterocycles. The molecule has 106 valence electrons. The van der Waals surface area contributed by atoms with Gasteiger partial charge in [0.2, 0.25) is 0 Å². The lowest BCUT2D eigenvalue weighted by atomic mass is 10.2. The number of nitrogens with zero attached hydrogens (tertiary/aromatic N) is 2. The van der Waals surface area contributed by atoms with E-state index in [1.807, 2.05) is 6.20 Å². The third-order valence-electron chi connectivity index (χ3n) is 3.52. The summed E-state index contributed by atoms with van der Waals surface area (Å²) in [4.78, 5) is 7.02. The first-order valence-electron chi connectivity index (χ1n) is 7.62. The van der Waals surface area contributed by atoms with Crippen LogP contribution in [-0.4, -0.2) is 24.1 Å². The van der Waals surface area contributed by atoms with E-state index in [9.17, 15) is 0 Å². The largest absolute Gasteiger partial charge is 0.356 e. The van der Waals surface area contributed by atoms with Gasteiger partial charge in [0.25, 0.3) is 0 Å². The second kappa shape index (κ2) is 6.90. The van der Waals surface area contributed by atoms with Gasteiger partial charge in [0.05, 0.1) is 0 Å². The summed E-state index contributed by atoms with van der Waals surface area (Å²) in [5.74, 6) is 2.06. The minimum atomic E-state index is 0.523. The van der Waals surface area contributed by atoms with Crippen LogP contribution >= 0.6 is 0 Å². The molecule has 1 aromatic heterocycles. The normalized spacial score (nSPS) is 14.9. The highest BCUT2D eigenvalue weighted by Gasteiger charge is 2.24. The number of nitrogens with one attached hydrogen (secondary N) is 1. The molecular formula is C16H27N3. The zero-order valence-corrected chi connectivity index (χ0v) is 12.5. The van der Waals surface area contributed by atoms with Crippen molar-refractivity contribution in [2.45, 2.75) is 52.6 Å². The Morgan fingerprint density at radius 2 is 2.21 bits per heavy atom. The molecule has 1 fully saturated rings. The Morgan fingerprint density at radius 1 is 1.42 bits per heavy atom. The van der Waals surface area contributed by atoms with Gasteiger partial charge in [-0.2, -0.15) is 0 Å². The van der Waals surface area contributed by atoms with E-state index in [0.29, 0.717) is 6.04 Å². The average molecular weight is 261 g/mol. The molecule has 2 rings (SSSR count). The van der Waals surface area contributed by atoms with Crippen molar-refractivity contribution in [3.8, 4) is 0 Å². The highest BCUT2D eigenvalue weighted by molar-refractivity contribution is 5.41. The van der Waals surface area contributed by atoms with Gasteiger partial charge >= 0.3 is 0 Å². The second-order valence-electron chi connectivity index (χ2n) is 5.95. The zero-order chi connectivity index (χ0) is 13.7. The molecule has 0 radical (unpaired) electrons. The Balaban J connectivity index is 2.01. The summed E-state index contributed by atoms with van der Waals surface area (Å²) in [5.41, 5.74) is 1.33. The summed E-state index contributed by atoms with van der Waals surface area (Å²) in [6.45, 7) is 9.82. The van der Waals surface area contributed by atoms with Crippen molar-refractivity contribution in [1.82, 2.24) is 10.3 Å². The molecule has 3 nitrogen and oxygen atoms in total. The summed E-state index contributed by atoms with van der Waals surface area (Å²) in [7, 11) is 0. The summed E-state index contributed by atoms with van der Waals surface area (Å²) in [6, 6.07) is 4.88. The summed E-state index contributed by atoms with van der Waals surface area (Å²) in [6.07, 6.45) is 5.93. The van der Waals surface area contributed by atoms with Gasteiger partial charge in [0.15, 0.2) is 0 Å². The van der Waals surface area contributed by atoms with Gasteiger partial charge in [-0.1, -0.05) is 20.8 Å². The maximum Gasteiger partial charge on any atom is 0.128 e. The van der Waals surface area contributed by atoms with Crippen molar-refractivity contribution >= 4 is 5.82 Å². The molecule has 1 N–H and O–H groups in total. The van der Waals surface area contributed by atoms with Gasteiger partial charge in [-0.3, -0.25) is 0 Å². The molecule has 0 unspecified atom stereocenters. The third kappa shape index (κ3) is 4.83. The van der Waals surface area contributed by atoms with Gasteiger partial charge in [0, 0.05) is 31.9 Å². The minimum Gasteiger partial charge on any atom is -0.356 e. The van der Waals surface area contributed by atoms with Crippen LogP contribution in [0, 0.1) is 5.92 Å². The minimum absolute atomic E-state index is 0.523. The molecule has 0 amide bonds. The smallest absolute Gasteiger partial charge is 0.128 e. The third-order valence-corrected chi connectivity index (χ3v) is 3.52. The van der Waals surface area contributed by atoms with Crippen LogP contribution in [0.5, 0.6) is 0 Å². The topological polar surface area (TPSA) is 28.2 Å². The number of hydrogen-bond acceptors (Lipinski definition) is 3. The monoisotopic (exact) mass is 261 g/mol. The lowest BCUT2D eigenvalue weighted by molar-refractivity contribution is 0.588. The van der Waals surface area contributed by atoms with Gasteiger partial charge in [0.1, 0.15) is 5.82 Å². The Bertz CT molecular complexity index is 385. The SMILES string of the molecule is CCCN(CC1CC1)c1cc(CNC(C)C)ccn1. The number of aromatic nitrogens is 1. The maximum absolute atomic E-state index is 4.56. The predicted octanol–water partition coefficient (Wildman–Crippen LogP) is 3.21. The standard InChI is InChI=1S/C16H27N3/c1-4-9-19(12-14-5-6-14)16-10-15(7-8-17-16)11-18-13(2)3/h7-8,10,13-14,18H,4-6,9,11-12H2,1-3H3. The van der Waals surface area contributed by atoms with Crippen LogP contribution in [0.1, 0.15) is 45.6 Å². The molecule has 0 spiro atoms. The van der Waals surface area contributed by atoms with Crippen LogP contribution in [0.4, 0.5) is 5.82 Å². The maximum atomic E-state index is 4.56. The van der Waals surface area contributed by atoms with Crippen molar-refractivity contribution in [2.75, 3.05) is 18.0 Å². The van der Waals surface area contributed by atoms with Crippen molar-refractivity contribution in [3.05, 3.63) is 23.9 Å². The zero-order valence-electron chi connectivity index (χ0n) is 12.5. The molecule has 0 atom stereocenters. The van der Waals surface area contributed by atoms with E-state index in [1.165, 1.54) is 31.4 Å². The average Bonchev–Trinajstić information content (AvgIpc) is 3.20. The fraction of sp³-hybridized carbons (Fsp3) is 0.688. The highest BCUT2D eigenvalue weighted by Crippen LogP contribution is 2.31. The van der Waals surface area contributed by atoms with Crippen molar-refractivity contribution in [1.29, 1.82) is 0 Å². The second-order valence-corrected chi connectivity index (χ2v) is 5.95. The molecule has 3 heteroatoms. The molecule has 1 aliphatic rings. The Kier molecular flexibility index (Phi) is 5.20. The summed E-state index contributed by atoms with van der Waals surface area (Å²) >= 11 is 0. The molecular weight excluding hydrogens is 234 g/mol. The Morgan fingerprint density at radius 3 is 2.84 bits per heavy atom. The van der Waals surface area contributed by atoms with E-state index >= 15 is 0 Å². The van der Waals surface area contributed by atoms with Crippen molar-refractivity contribution in [2.24, 2.45) is 5.92 Å². The number of anilines is 1. The van der Waals surface area contributed by atoms with E-state index in [1.54, 1.807) is 0 Å². The Hall–Kier alpha value is -1.09. The van der Waals surface area contributed by atoms with Crippen molar-refractivity contribution < 1.29 is 0 Å². The summed E-state index contributed by atoms with van der Waals surface area (Å²) < 4.78 is 0. The lowest BCUT2D eigenvalue weighted by Gasteiger charge is -2.23. The first-order valence-corrected chi connectivity index (χ1v) is 7.62. The number of hydrogen-bond donors (Lipinski definition) is 1. The number of pyridine rings is 1. The number of rotatable bonds is 8. The highest BCUT2D eigenvalue weighted by atomic mass is 15.2. The van der Waals surface area contributed by atoms with Gasteiger partial charge in [-0.05, 0) is 42.9 Å². The van der Waals surface area contributed by atoms with Gasteiger partial charge in [-0.25, -0.2) is 4.98 Å². The molecule has 0 saturated heterocycles. The van der Waals surface area contributed by atoms with Gasteiger partial charge in [-0.15, -0.1) is 0 Å². The fourth-order valence-corrected chi connectivity index (χ4v) is 2.25. The Labute approximate surface area is 117 Å². The van der Waals surface area contributed by atoms with E-state index in [2.05, 4.69) is 48.1 Å². The molecule has 1 aromatic rings. The fourth-order valence-electron chi connectivity index (χ4n) is 2.25. The molecule has 1 saturated carbocycles. The van der Waals surface area contributed by atoms with E-state index in [0.717, 1.165) is 24.8 Å². The van der Waals surface area contributed by atoms with E-state index in [-0.39, 0.29) is 0 Å². The molecule has 0 bridgehead atoms. The van der Waals surface area contributed by atoms with E-state index < -0.39 is 0 Å². The van der Waals surface area contributed by atoms with Crippen LogP contribution in [-0.2, 0) is 6.54 Å². The first-order chi connectivity index (χ1) is 9.19. The van der Waals surface area contributed by atoms with E-state index in [4.69, 9.17) is 0 Å². The van der Waals surface area contributed by atoms with Crippen LogP contribution in [0.2, 0.25) is 0 Å². The van der Waals surface area contributed by atoms with Crippen LogP contribution in [0.25, 0.3) is 0 Å². The van der Waals surface area contributed by atoms with Crippen LogP contribution in [0.15, 0.2) is 18.3 Å². The quantitative estimate of drug-likeness (QED) is 0.779. The molecule has 0 aromatic carbocycles. The predicted molar refractivity (Wildman–Crippen MR) is 81.4 cm³/mol. The lowest BCUT2D eigenvalue weighted by Crippen LogP contribution is -2.28. The molecule has 0 aliphatic heterocycles.